The molecule has 0 radical (unpaired) electrons. The normalized spacial score (nSPS) is 15.7. The Morgan fingerprint density at radius 1 is 1.21 bits per heavy atom. The molecule has 3 aromatic rings. The number of hydrogen-bond acceptors (Lipinski definition) is 6. The second kappa shape index (κ2) is 7.10. The van der Waals surface area contributed by atoms with Gasteiger partial charge < -0.3 is 15.0 Å². The molecule has 0 saturated heterocycles. The molecule has 2 heterocycles. The number of benzene rings is 2. The Hall–Kier alpha value is -3.75. The van der Waals surface area contributed by atoms with Gasteiger partial charge in [-0.2, -0.15) is 4.80 Å². The van der Waals surface area contributed by atoms with Crippen LogP contribution in [0.3, 0.4) is 0 Å². The average Bonchev–Trinajstić information content (AvgIpc) is 3.16. The van der Waals surface area contributed by atoms with Gasteiger partial charge in [-0.05, 0) is 30.3 Å². The van der Waals surface area contributed by atoms with Gasteiger partial charge in [0.05, 0.1) is 5.69 Å². The first kappa shape index (κ1) is 17.7. The molecule has 0 fully saturated rings. The van der Waals surface area contributed by atoms with Gasteiger partial charge in [0.2, 0.25) is 11.7 Å². The van der Waals surface area contributed by atoms with Crippen molar-refractivity contribution in [2.45, 2.75) is 19.6 Å². The minimum atomic E-state index is -0.532. The van der Waals surface area contributed by atoms with Crippen LogP contribution in [0.2, 0.25) is 0 Å². The summed E-state index contributed by atoms with van der Waals surface area (Å²) in [4.78, 5) is 27.2. The fourth-order valence-corrected chi connectivity index (χ4v) is 2.93. The van der Waals surface area contributed by atoms with Crippen molar-refractivity contribution in [3.8, 4) is 17.1 Å². The molecule has 0 bridgehead atoms. The summed E-state index contributed by atoms with van der Waals surface area (Å²) in [5, 5.41) is 14.9. The van der Waals surface area contributed by atoms with Crippen molar-refractivity contribution in [1.82, 2.24) is 20.2 Å². The van der Waals surface area contributed by atoms with Gasteiger partial charge in [0.15, 0.2) is 6.10 Å². The lowest BCUT2D eigenvalue weighted by Gasteiger charge is -2.30. The van der Waals surface area contributed by atoms with Gasteiger partial charge in [0, 0.05) is 18.3 Å². The summed E-state index contributed by atoms with van der Waals surface area (Å²) in [6.07, 6.45) is -0.532. The molecule has 1 atom stereocenters. The molecule has 1 N–H and O–H groups in total. The maximum Gasteiger partial charge on any atom is 0.267 e. The van der Waals surface area contributed by atoms with Gasteiger partial charge in [-0.25, -0.2) is 0 Å². The predicted molar refractivity (Wildman–Crippen MR) is 102 cm³/mol. The Kier molecular flexibility index (Phi) is 4.48. The van der Waals surface area contributed by atoms with Gasteiger partial charge >= 0.3 is 0 Å². The molecule has 2 aromatic carbocycles. The number of rotatable bonds is 4. The molecule has 9 heteroatoms. The molecule has 1 aromatic heterocycles. The second-order valence-corrected chi connectivity index (χ2v) is 6.40. The van der Waals surface area contributed by atoms with Gasteiger partial charge in [-0.1, -0.05) is 30.3 Å². The van der Waals surface area contributed by atoms with Crippen molar-refractivity contribution in [2.75, 3.05) is 17.3 Å². The summed E-state index contributed by atoms with van der Waals surface area (Å²) >= 11 is 0. The number of hydrogen-bond donors (Lipinski definition) is 1. The lowest BCUT2D eigenvalue weighted by molar-refractivity contribution is -0.125. The number of likely N-dealkylation sites (N-methyl/N-ethyl adjacent to an activating group) is 1. The van der Waals surface area contributed by atoms with E-state index in [1.54, 1.807) is 32.2 Å². The molecule has 1 aliphatic rings. The zero-order valence-corrected chi connectivity index (χ0v) is 15.4. The summed E-state index contributed by atoms with van der Waals surface area (Å²) in [6, 6.07) is 14.5. The van der Waals surface area contributed by atoms with Gasteiger partial charge in [0.1, 0.15) is 12.3 Å². The Morgan fingerprint density at radius 3 is 2.79 bits per heavy atom. The number of nitrogens with one attached hydrogen (secondary N) is 1. The van der Waals surface area contributed by atoms with Crippen LogP contribution < -0.4 is 15.0 Å². The van der Waals surface area contributed by atoms with Crippen LogP contribution in [-0.2, 0) is 16.1 Å². The summed E-state index contributed by atoms with van der Waals surface area (Å²) in [5.41, 5.74) is 1.97. The first-order chi connectivity index (χ1) is 13.5. The van der Waals surface area contributed by atoms with Crippen LogP contribution in [0.25, 0.3) is 11.4 Å². The predicted octanol–water partition coefficient (Wildman–Crippen LogP) is 1.72. The van der Waals surface area contributed by atoms with E-state index < -0.39 is 6.10 Å². The zero-order valence-electron chi connectivity index (χ0n) is 15.4. The molecule has 2 amide bonds. The van der Waals surface area contributed by atoms with Crippen LogP contribution in [0.5, 0.6) is 5.75 Å². The number of ether oxygens (including phenoxy) is 1. The third kappa shape index (κ3) is 3.41. The van der Waals surface area contributed by atoms with Crippen LogP contribution in [0.4, 0.5) is 11.4 Å². The monoisotopic (exact) mass is 378 g/mol. The Morgan fingerprint density at radius 2 is 2.00 bits per heavy atom. The number of fused-ring (bicyclic) bond motifs is 1. The molecule has 1 aliphatic heterocycles. The van der Waals surface area contributed by atoms with Gasteiger partial charge in [-0.15, -0.1) is 10.2 Å². The van der Waals surface area contributed by atoms with Gasteiger partial charge in [0.25, 0.3) is 5.91 Å². The molecule has 142 valence electrons. The minimum Gasteiger partial charge on any atom is -0.479 e. The minimum absolute atomic E-state index is 0.0841. The number of carbonyl (C=O) groups is 2. The summed E-state index contributed by atoms with van der Waals surface area (Å²) in [6.45, 7) is 1.62. The Labute approximate surface area is 160 Å². The maximum absolute atomic E-state index is 12.3. The van der Waals surface area contributed by atoms with E-state index in [0.717, 1.165) is 5.56 Å². The van der Waals surface area contributed by atoms with Crippen molar-refractivity contribution in [2.24, 2.45) is 0 Å². The number of amides is 2. The number of aromatic nitrogens is 4. The van der Waals surface area contributed by atoms with Crippen LogP contribution >= 0.6 is 0 Å². The number of tetrazole rings is 1. The van der Waals surface area contributed by atoms with E-state index >= 15 is 0 Å². The fourth-order valence-electron chi connectivity index (χ4n) is 2.93. The van der Waals surface area contributed by atoms with Crippen LogP contribution in [0.1, 0.15) is 6.92 Å². The molecule has 9 nitrogen and oxygen atoms in total. The summed E-state index contributed by atoms with van der Waals surface area (Å²) in [7, 11) is 1.68. The van der Waals surface area contributed by atoms with Crippen LogP contribution in [0, 0.1) is 0 Å². The zero-order chi connectivity index (χ0) is 19.7. The number of nitrogens with zero attached hydrogens (tertiary/aromatic N) is 5. The maximum atomic E-state index is 12.3. The first-order valence-electron chi connectivity index (χ1n) is 8.72. The van der Waals surface area contributed by atoms with E-state index in [-0.39, 0.29) is 18.4 Å². The third-order valence-electron chi connectivity index (χ3n) is 4.36. The number of carbonyl (C=O) groups excluding carboxylic acids is 2. The average molecular weight is 378 g/mol. The van der Waals surface area contributed by atoms with E-state index in [4.69, 9.17) is 4.74 Å². The lowest BCUT2D eigenvalue weighted by atomic mass is 10.2. The third-order valence-corrected chi connectivity index (χ3v) is 4.36. The Bertz CT molecular complexity index is 1030. The first-order valence-corrected chi connectivity index (χ1v) is 8.72. The summed E-state index contributed by atoms with van der Waals surface area (Å²) < 4.78 is 5.58. The van der Waals surface area contributed by atoms with Crippen molar-refractivity contribution in [3.63, 3.8) is 0 Å². The highest BCUT2D eigenvalue weighted by Crippen LogP contribution is 2.35. The lowest BCUT2D eigenvalue weighted by Crippen LogP contribution is -2.42. The molecule has 4 rings (SSSR count). The molecule has 0 spiro atoms. The van der Waals surface area contributed by atoms with E-state index in [9.17, 15) is 9.59 Å². The van der Waals surface area contributed by atoms with E-state index in [1.807, 2.05) is 30.3 Å². The van der Waals surface area contributed by atoms with Crippen LogP contribution in [0.15, 0.2) is 48.5 Å². The van der Waals surface area contributed by atoms with E-state index in [1.165, 1.54) is 9.70 Å². The topological polar surface area (TPSA) is 102 Å². The van der Waals surface area contributed by atoms with Crippen molar-refractivity contribution < 1.29 is 14.3 Å². The quantitative estimate of drug-likeness (QED) is 0.742. The van der Waals surface area contributed by atoms with E-state index in [0.29, 0.717) is 22.9 Å². The molecular formula is C19H18N6O3. The van der Waals surface area contributed by atoms with Crippen molar-refractivity contribution in [1.29, 1.82) is 0 Å². The molecule has 0 unspecified atom stereocenters. The summed E-state index contributed by atoms with van der Waals surface area (Å²) in [5.74, 6) is 0.596. The van der Waals surface area contributed by atoms with Crippen molar-refractivity contribution >= 4 is 23.2 Å². The molecular weight excluding hydrogens is 360 g/mol. The van der Waals surface area contributed by atoms with Crippen molar-refractivity contribution in [3.05, 3.63) is 48.5 Å². The molecule has 28 heavy (non-hydrogen) atoms. The standard InChI is InChI=1S/C19H18N6O3/c1-12-19(27)24(2)15-10-14(8-9-16(15)28-12)20-17(26)11-25-22-18(21-23-25)13-6-4-3-5-7-13/h3-10,12H,11H2,1-2H3,(H,20,26)/t12-/m0/s1. The van der Waals surface area contributed by atoms with Gasteiger partial charge in [-0.3, -0.25) is 9.59 Å². The van der Waals surface area contributed by atoms with Crippen LogP contribution in [-0.4, -0.2) is 45.2 Å². The molecule has 0 aliphatic carbocycles. The SMILES string of the molecule is C[C@@H]1Oc2ccc(NC(=O)Cn3nnc(-c4ccccc4)n3)cc2N(C)C1=O. The largest absolute Gasteiger partial charge is 0.479 e. The Balaban J connectivity index is 1.45. The molecule has 0 saturated carbocycles. The highest BCUT2D eigenvalue weighted by Gasteiger charge is 2.29. The fraction of sp³-hybridized carbons (Fsp3) is 0.211. The highest BCUT2D eigenvalue weighted by atomic mass is 16.5. The van der Waals surface area contributed by atoms with E-state index in [2.05, 4.69) is 20.7 Å². The number of anilines is 2. The highest BCUT2D eigenvalue weighted by molar-refractivity contribution is 6.00. The second-order valence-electron chi connectivity index (χ2n) is 6.40. The smallest absolute Gasteiger partial charge is 0.267 e.